The molecule has 0 fully saturated rings. The fourth-order valence-electron chi connectivity index (χ4n) is 1.32. The maximum absolute atomic E-state index is 4.17. The highest BCUT2D eigenvalue weighted by molar-refractivity contribution is 7.98. The van der Waals surface area contributed by atoms with Crippen molar-refractivity contribution in [2.75, 3.05) is 18.1 Å². The topological polar surface area (TPSA) is 37.8 Å². The van der Waals surface area contributed by atoms with Crippen molar-refractivity contribution in [3.8, 4) is 0 Å². The van der Waals surface area contributed by atoms with Crippen LogP contribution in [0.4, 0.5) is 5.82 Å². The molecule has 5 heteroatoms. The molecule has 2 heterocycles. The Labute approximate surface area is 103 Å². The molecule has 3 nitrogen and oxygen atoms in total. The predicted molar refractivity (Wildman–Crippen MR) is 70.3 cm³/mol. The van der Waals surface area contributed by atoms with E-state index in [4.69, 9.17) is 0 Å². The van der Waals surface area contributed by atoms with Gasteiger partial charge in [-0.2, -0.15) is 11.3 Å². The Balaban J connectivity index is 1.85. The average molecular weight is 251 g/mol. The van der Waals surface area contributed by atoms with Crippen molar-refractivity contribution in [2.45, 2.75) is 11.4 Å². The van der Waals surface area contributed by atoms with Crippen molar-refractivity contribution in [3.63, 3.8) is 0 Å². The van der Waals surface area contributed by atoms with Gasteiger partial charge in [0.15, 0.2) is 0 Å². The average Bonchev–Trinajstić information content (AvgIpc) is 2.82. The monoisotopic (exact) mass is 251 g/mol. The molecule has 0 spiro atoms. The summed E-state index contributed by atoms with van der Waals surface area (Å²) in [5.41, 5.74) is 1.37. The van der Waals surface area contributed by atoms with Crippen LogP contribution in [0.2, 0.25) is 0 Å². The molecule has 84 valence electrons. The summed E-state index contributed by atoms with van der Waals surface area (Å²) in [6.45, 7) is 0.904. The Morgan fingerprint density at radius 2 is 2.38 bits per heavy atom. The van der Waals surface area contributed by atoms with Crippen molar-refractivity contribution >= 4 is 28.9 Å². The standard InChI is InChI=1S/C11H13N3S2/c1-15-11-6-10(13-8-14-11)12-4-2-9-3-5-16-7-9/h3,5-8H,2,4H2,1H3,(H,12,13,14). The third kappa shape index (κ3) is 3.21. The number of hydrogen-bond acceptors (Lipinski definition) is 5. The maximum Gasteiger partial charge on any atom is 0.130 e. The summed E-state index contributed by atoms with van der Waals surface area (Å²) in [5.74, 6) is 0.898. The van der Waals surface area contributed by atoms with Crippen LogP contribution in [-0.2, 0) is 6.42 Å². The molecular weight excluding hydrogens is 238 g/mol. The number of aromatic nitrogens is 2. The molecule has 2 aromatic heterocycles. The molecule has 0 aliphatic rings. The van der Waals surface area contributed by atoms with E-state index in [2.05, 4.69) is 32.1 Å². The molecule has 16 heavy (non-hydrogen) atoms. The first-order chi connectivity index (χ1) is 7.88. The minimum Gasteiger partial charge on any atom is -0.370 e. The summed E-state index contributed by atoms with van der Waals surface area (Å²) in [6, 6.07) is 4.12. The minimum absolute atomic E-state index is 0.898. The summed E-state index contributed by atoms with van der Waals surface area (Å²) in [5, 5.41) is 8.57. The molecule has 0 radical (unpaired) electrons. The van der Waals surface area contributed by atoms with Gasteiger partial charge in [-0.05, 0) is 35.1 Å². The SMILES string of the molecule is CSc1cc(NCCc2ccsc2)ncn1. The zero-order valence-electron chi connectivity index (χ0n) is 9.01. The molecule has 0 aliphatic heterocycles. The highest BCUT2D eigenvalue weighted by Gasteiger charge is 1.97. The van der Waals surface area contributed by atoms with E-state index < -0.39 is 0 Å². The Morgan fingerprint density at radius 1 is 1.44 bits per heavy atom. The van der Waals surface area contributed by atoms with Gasteiger partial charge in [-0.25, -0.2) is 9.97 Å². The molecule has 1 N–H and O–H groups in total. The Bertz CT molecular complexity index is 429. The lowest BCUT2D eigenvalue weighted by molar-refractivity contribution is 0.984. The van der Waals surface area contributed by atoms with Crippen molar-refractivity contribution in [1.82, 2.24) is 9.97 Å². The molecule has 2 rings (SSSR count). The largest absolute Gasteiger partial charge is 0.370 e. The minimum atomic E-state index is 0.898. The van der Waals surface area contributed by atoms with E-state index in [-0.39, 0.29) is 0 Å². The highest BCUT2D eigenvalue weighted by atomic mass is 32.2. The van der Waals surface area contributed by atoms with E-state index in [1.54, 1.807) is 29.4 Å². The number of rotatable bonds is 5. The van der Waals surface area contributed by atoms with Crippen LogP contribution in [0.3, 0.4) is 0 Å². The van der Waals surface area contributed by atoms with Crippen LogP contribution in [0.25, 0.3) is 0 Å². The van der Waals surface area contributed by atoms with Gasteiger partial charge >= 0.3 is 0 Å². The van der Waals surface area contributed by atoms with Crippen LogP contribution in [-0.4, -0.2) is 22.8 Å². The van der Waals surface area contributed by atoms with Crippen molar-refractivity contribution in [1.29, 1.82) is 0 Å². The second kappa shape index (κ2) is 5.86. The molecule has 0 atom stereocenters. The van der Waals surface area contributed by atoms with Crippen LogP contribution in [0.15, 0.2) is 34.2 Å². The van der Waals surface area contributed by atoms with E-state index in [0.29, 0.717) is 0 Å². The first-order valence-electron chi connectivity index (χ1n) is 4.99. The maximum atomic E-state index is 4.17. The molecule has 0 saturated carbocycles. The van der Waals surface area contributed by atoms with Crippen LogP contribution in [0.5, 0.6) is 0 Å². The van der Waals surface area contributed by atoms with Gasteiger partial charge in [0.2, 0.25) is 0 Å². The van der Waals surface area contributed by atoms with Gasteiger partial charge < -0.3 is 5.32 Å². The molecule has 0 saturated heterocycles. The normalized spacial score (nSPS) is 10.3. The molecule has 0 amide bonds. The first-order valence-corrected chi connectivity index (χ1v) is 7.16. The fraction of sp³-hybridized carbons (Fsp3) is 0.273. The lowest BCUT2D eigenvalue weighted by atomic mass is 10.2. The van der Waals surface area contributed by atoms with Gasteiger partial charge in [0.25, 0.3) is 0 Å². The summed E-state index contributed by atoms with van der Waals surface area (Å²) in [4.78, 5) is 8.30. The third-order valence-electron chi connectivity index (χ3n) is 2.15. The second-order valence-corrected chi connectivity index (χ2v) is 4.86. The van der Waals surface area contributed by atoms with Gasteiger partial charge in [-0.1, -0.05) is 0 Å². The van der Waals surface area contributed by atoms with Gasteiger partial charge in [-0.15, -0.1) is 11.8 Å². The van der Waals surface area contributed by atoms with Gasteiger partial charge in [0.1, 0.15) is 17.2 Å². The van der Waals surface area contributed by atoms with Crippen LogP contribution >= 0.6 is 23.1 Å². The molecule has 0 aromatic carbocycles. The third-order valence-corrected chi connectivity index (χ3v) is 3.52. The molecule has 2 aromatic rings. The van der Waals surface area contributed by atoms with Gasteiger partial charge in [-0.3, -0.25) is 0 Å². The highest BCUT2D eigenvalue weighted by Crippen LogP contribution is 2.13. The first kappa shape index (κ1) is 11.4. The summed E-state index contributed by atoms with van der Waals surface area (Å²) < 4.78 is 0. The Hall–Kier alpha value is -1.07. The Morgan fingerprint density at radius 3 is 3.12 bits per heavy atom. The quantitative estimate of drug-likeness (QED) is 0.655. The van der Waals surface area contributed by atoms with Crippen molar-refractivity contribution in [2.24, 2.45) is 0 Å². The molecule has 0 aliphatic carbocycles. The van der Waals surface area contributed by atoms with Gasteiger partial charge in [0.05, 0.1) is 0 Å². The smallest absolute Gasteiger partial charge is 0.130 e. The zero-order valence-corrected chi connectivity index (χ0v) is 10.6. The van der Waals surface area contributed by atoms with Gasteiger partial charge in [0, 0.05) is 12.6 Å². The van der Waals surface area contributed by atoms with Crippen LogP contribution in [0, 0.1) is 0 Å². The lowest BCUT2D eigenvalue weighted by Crippen LogP contribution is -2.06. The lowest BCUT2D eigenvalue weighted by Gasteiger charge is -2.04. The fourth-order valence-corrected chi connectivity index (χ4v) is 2.40. The summed E-state index contributed by atoms with van der Waals surface area (Å²) in [7, 11) is 0. The van der Waals surface area contributed by atoms with Crippen molar-refractivity contribution < 1.29 is 0 Å². The molecular formula is C11H13N3S2. The number of hydrogen-bond donors (Lipinski definition) is 1. The summed E-state index contributed by atoms with van der Waals surface area (Å²) >= 11 is 3.36. The van der Waals surface area contributed by atoms with Crippen LogP contribution < -0.4 is 5.32 Å². The number of thiophene rings is 1. The number of anilines is 1. The van der Waals surface area contributed by atoms with Crippen LogP contribution in [0.1, 0.15) is 5.56 Å². The Kier molecular flexibility index (Phi) is 4.18. The van der Waals surface area contributed by atoms with E-state index in [1.807, 2.05) is 12.3 Å². The van der Waals surface area contributed by atoms with E-state index in [0.717, 1.165) is 23.8 Å². The van der Waals surface area contributed by atoms with E-state index in [9.17, 15) is 0 Å². The predicted octanol–water partition coefficient (Wildman–Crippen LogP) is 2.91. The number of nitrogens with one attached hydrogen (secondary N) is 1. The molecule has 0 bridgehead atoms. The zero-order chi connectivity index (χ0) is 11.2. The number of thioether (sulfide) groups is 1. The molecule has 0 unspecified atom stereocenters. The van der Waals surface area contributed by atoms with E-state index >= 15 is 0 Å². The van der Waals surface area contributed by atoms with E-state index in [1.165, 1.54) is 5.56 Å². The number of nitrogens with zero attached hydrogens (tertiary/aromatic N) is 2. The second-order valence-electron chi connectivity index (χ2n) is 3.25. The van der Waals surface area contributed by atoms with Crippen molar-refractivity contribution in [3.05, 3.63) is 34.8 Å². The summed E-state index contributed by atoms with van der Waals surface area (Å²) in [6.07, 6.45) is 4.64.